The van der Waals surface area contributed by atoms with Crippen molar-refractivity contribution in [3.63, 3.8) is 0 Å². The molecule has 0 aliphatic heterocycles. The summed E-state index contributed by atoms with van der Waals surface area (Å²) in [5.41, 5.74) is 5.95. The molecular weight excluding hydrogens is 268 g/mol. The quantitative estimate of drug-likeness (QED) is 0.864. The number of halogens is 3. The molecule has 1 rings (SSSR count). The van der Waals surface area contributed by atoms with Crippen LogP contribution in [0.25, 0.3) is 0 Å². The maximum atomic E-state index is 13.4. The molecule has 0 amide bonds. The number of carbonyl (C=O) groups is 1. The van der Waals surface area contributed by atoms with E-state index in [0.29, 0.717) is 5.02 Å². The highest BCUT2D eigenvalue weighted by Gasteiger charge is 2.16. The van der Waals surface area contributed by atoms with Gasteiger partial charge >= 0.3 is 5.97 Å². The summed E-state index contributed by atoms with van der Waals surface area (Å²) in [7, 11) is 0. The maximum absolute atomic E-state index is 13.4. The highest BCUT2D eigenvalue weighted by Crippen LogP contribution is 2.21. The van der Waals surface area contributed by atoms with Crippen LogP contribution in [0.15, 0.2) is 18.2 Å². The topological polar surface area (TPSA) is 52.3 Å². The van der Waals surface area contributed by atoms with E-state index < -0.39 is 17.8 Å². The molecule has 0 saturated carbocycles. The fourth-order valence-electron chi connectivity index (χ4n) is 1.31. The summed E-state index contributed by atoms with van der Waals surface area (Å²) in [6.07, 6.45) is -0.0492. The number of nitrogens with two attached hydrogens (primary N) is 1. The Labute approximate surface area is 110 Å². The van der Waals surface area contributed by atoms with Gasteiger partial charge in [-0.2, -0.15) is 0 Å². The van der Waals surface area contributed by atoms with Crippen LogP contribution in [-0.4, -0.2) is 12.6 Å². The SMILES string of the molecule is CCOC(=O)C[C@@H](N)c1ccc(Cl)cc1F.Cl. The summed E-state index contributed by atoms with van der Waals surface area (Å²) in [6, 6.07) is 3.46. The first-order chi connectivity index (χ1) is 7.54. The lowest BCUT2D eigenvalue weighted by Crippen LogP contribution is -2.18. The molecule has 0 fully saturated rings. The molecule has 0 radical (unpaired) electrons. The van der Waals surface area contributed by atoms with Crippen LogP contribution >= 0.6 is 24.0 Å². The average Bonchev–Trinajstić information content (AvgIpc) is 2.17. The zero-order valence-corrected chi connectivity index (χ0v) is 10.9. The zero-order valence-electron chi connectivity index (χ0n) is 9.28. The summed E-state index contributed by atoms with van der Waals surface area (Å²) in [6.45, 7) is 1.99. The summed E-state index contributed by atoms with van der Waals surface area (Å²) in [5.74, 6) is -0.950. The van der Waals surface area contributed by atoms with Gasteiger partial charge in [0, 0.05) is 16.6 Å². The monoisotopic (exact) mass is 281 g/mol. The van der Waals surface area contributed by atoms with Gasteiger partial charge in [-0.15, -0.1) is 12.4 Å². The minimum atomic E-state index is -0.712. The van der Waals surface area contributed by atoms with Gasteiger partial charge in [0.15, 0.2) is 0 Å². The second-order valence-corrected chi connectivity index (χ2v) is 3.72. The highest BCUT2D eigenvalue weighted by molar-refractivity contribution is 6.30. The van der Waals surface area contributed by atoms with Crippen LogP contribution in [0.4, 0.5) is 4.39 Å². The number of benzene rings is 1. The van der Waals surface area contributed by atoms with Crippen molar-refractivity contribution in [1.29, 1.82) is 0 Å². The molecule has 6 heteroatoms. The van der Waals surface area contributed by atoms with Crippen LogP contribution in [0.1, 0.15) is 24.9 Å². The fourth-order valence-corrected chi connectivity index (χ4v) is 1.47. The molecule has 0 spiro atoms. The number of esters is 1. The van der Waals surface area contributed by atoms with Gasteiger partial charge in [-0.3, -0.25) is 4.79 Å². The molecule has 1 aromatic carbocycles. The average molecular weight is 282 g/mol. The first kappa shape index (κ1) is 16.2. The molecule has 96 valence electrons. The van der Waals surface area contributed by atoms with E-state index in [9.17, 15) is 9.18 Å². The third-order valence-electron chi connectivity index (χ3n) is 2.05. The molecule has 3 nitrogen and oxygen atoms in total. The standard InChI is InChI=1S/C11H13ClFNO2.ClH/c1-2-16-11(15)6-10(14)8-4-3-7(12)5-9(8)13;/h3-5,10H,2,6,14H2,1H3;1H/t10-;/m1./s1. The van der Waals surface area contributed by atoms with E-state index in [1.165, 1.54) is 18.2 Å². The van der Waals surface area contributed by atoms with E-state index >= 15 is 0 Å². The Hall–Kier alpha value is -0.840. The molecule has 0 aliphatic rings. The van der Waals surface area contributed by atoms with Crippen LogP contribution in [0.3, 0.4) is 0 Å². The van der Waals surface area contributed by atoms with Crippen LogP contribution in [0, 0.1) is 5.82 Å². The lowest BCUT2D eigenvalue weighted by molar-refractivity contribution is -0.143. The number of rotatable bonds is 4. The Morgan fingerprint density at radius 3 is 2.76 bits per heavy atom. The first-order valence-corrected chi connectivity index (χ1v) is 5.28. The van der Waals surface area contributed by atoms with E-state index in [-0.39, 0.29) is 31.0 Å². The highest BCUT2D eigenvalue weighted by atomic mass is 35.5. The molecule has 0 aromatic heterocycles. The summed E-state index contributed by atoms with van der Waals surface area (Å²) < 4.78 is 18.2. The Bertz CT molecular complexity index is 388. The largest absolute Gasteiger partial charge is 0.466 e. The van der Waals surface area contributed by atoms with Gasteiger partial charge in [-0.1, -0.05) is 17.7 Å². The lowest BCUT2D eigenvalue weighted by Gasteiger charge is -2.12. The predicted molar refractivity (Wildman–Crippen MR) is 66.8 cm³/mol. The van der Waals surface area contributed by atoms with Crippen molar-refractivity contribution in [3.8, 4) is 0 Å². The maximum Gasteiger partial charge on any atom is 0.307 e. The van der Waals surface area contributed by atoms with Crippen molar-refractivity contribution < 1.29 is 13.9 Å². The molecular formula is C11H14Cl2FNO2. The van der Waals surface area contributed by atoms with Gasteiger partial charge in [0.05, 0.1) is 13.0 Å². The van der Waals surface area contributed by atoms with Crippen molar-refractivity contribution in [2.75, 3.05) is 6.61 Å². The van der Waals surface area contributed by atoms with Crippen LogP contribution in [0.5, 0.6) is 0 Å². The Morgan fingerprint density at radius 1 is 1.59 bits per heavy atom. The van der Waals surface area contributed by atoms with Crippen molar-refractivity contribution in [2.45, 2.75) is 19.4 Å². The second kappa shape index (κ2) is 7.48. The van der Waals surface area contributed by atoms with Crippen LogP contribution in [0.2, 0.25) is 5.02 Å². The number of hydrogen-bond acceptors (Lipinski definition) is 3. The van der Waals surface area contributed by atoms with Gasteiger partial charge in [-0.05, 0) is 19.1 Å². The molecule has 0 unspecified atom stereocenters. The molecule has 0 aliphatic carbocycles. The third kappa shape index (κ3) is 4.89. The summed E-state index contributed by atoms with van der Waals surface area (Å²) >= 11 is 5.60. The first-order valence-electron chi connectivity index (χ1n) is 4.90. The van der Waals surface area contributed by atoms with Crippen LogP contribution in [-0.2, 0) is 9.53 Å². The van der Waals surface area contributed by atoms with E-state index in [0.717, 1.165) is 0 Å². The minimum Gasteiger partial charge on any atom is -0.466 e. The van der Waals surface area contributed by atoms with Crippen molar-refractivity contribution >= 4 is 30.0 Å². The lowest BCUT2D eigenvalue weighted by atomic mass is 10.0. The van der Waals surface area contributed by atoms with Gasteiger partial charge in [0.2, 0.25) is 0 Å². The smallest absolute Gasteiger partial charge is 0.307 e. The molecule has 0 heterocycles. The van der Waals surface area contributed by atoms with Gasteiger partial charge in [0.1, 0.15) is 5.82 Å². The van der Waals surface area contributed by atoms with Crippen molar-refractivity contribution in [1.82, 2.24) is 0 Å². The number of carbonyl (C=O) groups excluding carboxylic acids is 1. The Morgan fingerprint density at radius 2 is 2.24 bits per heavy atom. The van der Waals surface area contributed by atoms with E-state index in [4.69, 9.17) is 22.1 Å². The normalized spacial score (nSPS) is 11.5. The second-order valence-electron chi connectivity index (χ2n) is 3.28. The summed E-state index contributed by atoms with van der Waals surface area (Å²) in [4.78, 5) is 11.2. The molecule has 2 N–H and O–H groups in total. The molecule has 1 aromatic rings. The van der Waals surface area contributed by atoms with Gasteiger partial charge in [-0.25, -0.2) is 4.39 Å². The molecule has 0 bridgehead atoms. The predicted octanol–water partition coefficient (Wildman–Crippen LogP) is 2.85. The van der Waals surface area contributed by atoms with Crippen molar-refractivity contribution in [3.05, 3.63) is 34.6 Å². The van der Waals surface area contributed by atoms with E-state index in [2.05, 4.69) is 0 Å². The Kier molecular flexibility index (Phi) is 7.11. The summed E-state index contributed by atoms with van der Waals surface area (Å²) in [5, 5.41) is 0.296. The van der Waals surface area contributed by atoms with Gasteiger partial charge < -0.3 is 10.5 Å². The van der Waals surface area contributed by atoms with Gasteiger partial charge in [0.25, 0.3) is 0 Å². The van der Waals surface area contributed by atoms with Crippen LogP contribution < -0.4 is 5.73 Å². The molecule has 0 saturated heterocycles. The van der Waals surface area contributed by atoms with E-state index in [1.807, 2.05) is 0 Å². The molecule has 1 atom stereocenters. The van der Waals surface area contributed by atoms with E-state index in [1.54, 1.807) is 6.92 Å². The number of ether oxygens (including phenoxy) is 1. The fraction of sp³-hybridized carbons (Fsp3) is 0.364. The Balaban J connectivity index is 0.00000256. The number of hydrogen-bond donors (Lipinski definition) is 1. The molecule has 17 heavy (non-hydrogen) atoms. The third-order valence-corrected chi connectivity index (χ3v) is 2.29. The van der Waals surface area contributed by atoms with Crippen molar-refractivity contribution in [2.24, 2.45) is 5.73 Å². The minimum absolute atomic E-state index is 0. The zero-order chi connectivity index (χ0) is 12.1.